The maximum Gasteiger partial charge on any atom is 0.407 e. The van der Waals surface area contributed by atoms with Crippen LogP contribution in [0.15, 0.2) is 47.6 Å². The zero-order valence-corrected chi connectivity index (χ0v) is 23.0. The van der Waals surface area contributed by atoms with Crippen molar-refractivity contribution in [3.05, 3.63) is 48.3 Å². The van der Waals surface area contributed by atoms with E-state index in [1.165, 1.54) is 12.4 Å². The van der Waals surface area contributed by atoms with E-state index in [1.54, 1.807) is 51.1 Å². The van der Waals surface area contributed by atoms with Crippen LogP contribution in [0.3, 0.4) is 0 Å². The van der Waals surface area contributed by atoms with Crippen LogP contribution < -0.4 is 16.2 Å². The fourth-order valence-corrected chi connectivity index (χ4v) is 5.97. The van der Waals surface area contributed by atoms with E-state index in [0.717, 1.165) is 16.0 Å². The molecule has 204 valence electrons. The van der Waals surface area contributed by atoms with Gasteiger partial charge in [-0.25, -0.2) is 27.2 Å². The van der Waals surface area contributed by atoms with E-state index in [1.807, 2.05) is 13.8 Å². The minimum Gasteiger partial charge on any atom is -0.444 e. The quantitative estimate of drug-likeness (QED) is 0.383. The van der Waals surface area contributed by atoms with Crippen LogP contribution in [-0.4, -0.2) is 46.0 Å². The van der Waals surface area contributed by atoms with E-state index in [0.29, 0.717) is 18.4 Å². The molecular formula is C26H34N6O5S. The second kappa shape index (κ2) is 10.6. The molecule has 3 unspecified atom stereocenters. The lowest BCUT2D eigenvalue weighted by Gasteiger charge is -2.21. The van der Waals surface area contributed by atoms with Gasteiger partial charge in [-0.1, -0.05) is 31.0 Å². The molecule has 0 spiro atoms. The fourth-order valence-electron chi connectivity index (χ4n) is 4.67. The summed E-state index contributed by atoms with van der Waals surface area (Å²) >= 11 is 0. The summed E-state index contributed by atoms with van der Waals surface area (Å²) in [5.41, 5.74) is 6.37. The van der Waals surface area contributed by atoms with E-state index < -0.39 is 21.7 Å². The molecule has 4 rings (SSSR count). The number of anilines is 1. The average molecular weight is 543 g/mol. The number of hydrazine groups is 1. The van der Waals surface area contributed by atoms with Crippen molar-refractivity contribution in [2.45, 2.75) is 70.4 Å². The van der Waals surface area contributed by atoms with Gasteiger partial charge in [-0.15, -0.1) is 0 Å². The Morgan fingerprint density at radius 3 is 2.50 bits per heavy atom. The molecule has 2 aromatic heterocycles. The first-order chi connectivity index (χ1) is 17.9. The monoisotopic (exact) mass is 542 g/mol. The summed E-state index contributed by atoms with van der Waals surface area (Å²) in [5.74, 6) is -0.145. The number of hydrogen-bond acceptors (Lipinski definition) is 8. The molecule has 1 aromatic carbocycles. The Morgan fingerprint density at radius 1 is 1.13 bits per heavy atom. The number of alkyl carbamates (subject to hydrolysis) is 1. The number of ether oxygens (including phenoxy) is 1. The highest BCUT2D eigenvalue weighted by Crippen LogP contribution is 2.34. The molecule has 38 heavy (non-hydrogen) atoms. The molecule has 3 N–H and O–H groups in total. The van der Waals surface area contributed by atoms with Gasteiger partial charge in [-0.05, 0) is 64.7 Å². The van der Waals surface area contributed by atoms with Crippen LogP contribution in [0.25, 0.3) is 11.2 Å². The number of aryl methyl sites for hydroxylation is 1. The van der Waals surface area contributed by atoms with Gasteiger partial charge in [0.2, 0.25) is 5.91 Å². The number of rotatable bonds is 7. The molecule has 1 aliphatic carbocycles. The van der Waals surface area contributed by atoms with Gasteiger partial charge in [-0.3, -0.25) is 15.6 Å². The number of hydrogen-bond donors (Lipinski definition) is 3. The van der Waals surface area contributed by atoms with Crippen molar-refractivity contribution in [2.75, 3.05) is 5.43 Å². The molecule has 12 heteroatoms. The molecule has 0 aliphatic heterocycles. The number of carbonyl (C=O) groups is 2. The highest BCUT2D eigenvalue weighted by atomic mass is 32.2. The number of fused-ring (bicyclic) bond motifs is 1. The van der Waals surface area contributed by atoms with Gasteiger partial charge >= 0.3 is 6.09 Å². The average Bonchev–Trinajstić information content (AvgIpc) is 3.45. The van der Waals surface area contributed by atoms with Crippen molar-refractivity contribution in [3.8, 4) is 0 Å². The number of aromatic nitrogens is 3. The predicted molar refractivity (Wildman–Crippen MR) is 143 cm³/mol. The number of carbonyl (C=O) groups excluding carboxylic acids is 2. The second-order valence-corrected chi connectivity index (χ2v) is 12.4. The first kappa shape index (κ1) is 27.4. The second-order valence-electron chi connectivity index (χ2n) is 10.6. The molecule has 0 bridgehead atoms. The largest absolute Gasteiger partial charge is 0.444 e. The van der Waals surface area contributed by atoms with Crippen LogP contribution in [0.2, 0.25) is 0 Å². The van der Waals surface area contributed by atoms with Crippen molar-refractivity contribution in [1.29, 1.82) is 0 Å². The van der Waals surface area contributed by atoms with Gasteiger partial charge in [0.15, 0.2) is 11.5 Å². The smallest absolute Gasteiger partial charge is 0.407 e. The summed E-state index contributed by atoms with van der Waals surface area (Å²) < 4.78 is 32.6. The highest BCUT2D eigenvalue weighted by molar-refractivity contribution is 7.90. The number of nitrogens with one attached hydrogen (secondary N) is 3. The lowest BCUT2D eigenvalue weighted by atomic mass is 9.93. The summed E-state index contributed by atoms with van der Waals surface area (Å²) in [6.07, 6.45) is 4.25. The van der Waals surface area contributed by atoms with Gasteiger partial charge in [0.25, 0.3) is 10.0 Å². The summed E-state index contributed by atoms with van der Waals surface area (Å²) in [6.45, 7) is 9.31. The summed E-state index contributed by atoms with van der Waals surface area (Å²) in [6, 6.07) is 7.97. The molecule has 1 aliphatic rings. The zero-order chi connectivity index (χ0) is 27.7. The van der Waals surface area contributed by atoms with Crippen LogP contribution in [0.1, 0.15) is 52.5 Å². The molecule has 1 fully saturated rings. The summed E-state index contributed by atoms with van der Waals surface area (Å²) in [5, 5.41) is 2.87. The molecule has 2 heterocycles. The van der Waals surface area contributed by atoms with Crippen molar-refractivity contribution < 1.29 is 22.7 Å². The normalized spacial score (nSPS) is 19.8. The lowest BCUT2D eigenvalue weighted by molar-refractivity contribution is -0.125. The minimum atomic E-state index is -3.84. The third-order valence-electron chi connectivity index (χ3n) is 6.52. The molecule has 1 saturated carbocycles. The molecule has 0 radical (unpaired) electrons. The Balaban J connectivity index is 1.41. The first-order valence-electron chi connectivity index (χ1n) is 12.6. The molecule has 2 amide bonds. The van der Waals surface area contributed by atoms with E-state index >= 15 is 0 Å². The Bertz CT molecular complexity index is 1430. The summed E-state index contributed by atoms with van der Waals surface area (Å²) in [7, 11) is -3.84. The maximum atomic E-state index is 13.1. The number of benzene rings is 1. The van der Waals surface area contributed by atoms with E-state index in [4.69, 9.17) is 4.74 Å². The Morgan fingerprint density at radius 2 is 1.84 bits per heavy atom. The van der Waals surface area contributed by atoms with Crippen molar-refractivity contribution >= 4 is 39.0 Å². The minimum absolute atomic E-state index is 0.103. The topological polar surface area (TPSA) is 144 Å². The van der Waals surface area contributed by atoms with Crippen molar-refractivity contribution in [2.24, 2.45) is 11.8 Å². The van der Waals surface area contributed by atoms with Gasteiger partial charge in [0, 0.05) is 18.2 Å². The van der Waals surface area contributed by atoms with Crippen molar-refractivity contribution in [1.82, 2.24) is 24.7 Å². The first-order valence-corrected chi connectivity index (χ1v) is 14.0. The molecule has 3 atom stereocenters. The third-order valence-corrected chi connectivity index (χ3v) is 8.20. The standard InChI is InChI=1S/C26H34N6O5S/c1-6-17-13-18(28-25(34)37-26(3,4)5)14-20(17)24(33)31-30-22-15-27-23-21(29-22)11-12-32(23)38(35,36)19-9-7-16(2)8-10-19/h7-12,15,17-18,20H,6,13-14H2,1-5H3,(H,28,34)(H,29,30)(H,31,33). The van der Waals surface area contributed by atoms with E-state index in [-0.39, 0.29) is 40.1 Å². The van der Waals surface area contributed by atoms with Crippen LogP contribution in [0, 0.1) is 18.8 Å². The fraction of sp³-hybridized carbons (Fsp3) is 0.462. The van der Waals surface area contributed by atoms with Gasteiger partial charge in [-0.2, -0.15) is 0 Å². The SMILES string of the molecule is CCC1CC(NC(=O)OC(C)(C)C)CC1C(=O)NNc1cnc2c(ccn2S(=O)(=O)c2ccc(C)cc2)n1. The maximum absolute atomic E-state index is 13.1. The van der Waals surface area contributed by atoms with Crippen LogP contribution in [0.4, 0.5) is 10.6 Å². The van der Waals surface area contributed by atoms with Crippen LogP contribution in [-0.2, 0) is 19.6 Å². The van der Waals surface area contributed by atoms with Crippen LogP contribution in [0.5, 0.6) is 0 Å². The van der Waals surface area contributed by atoms with Crippen molar-refractivity contribution in [3.63, 3.8) is 0 Å². The highest BCUT2D eigenvalue weighted by Gasteiger charge is 2.39. The summed E-state index contributed by atoms with van der Waals surface area (Å²) in [4.78, 5) is 34.0. The Labute approximate surface area is 222 Å². The predicted octanol–water partition coefficient (Wildman–Crippen LogP) is 3.75. The van der Waals surface area contributed by atoms with Gasteiger partial charge < -0.3 is 10.1 Å². The van der Waals surface area contributed by atoms with Gasteiger partial charge in [0.05, 0.1) is 11.1 Å². The zero-order valence-electron chi connectivity index (χ0n) is 22.2. The number of nitrogens with zero attached hydrogens (tertiary/aromatic N) is 3. The molecule has 11 nitrogen and oxygen atoms in total. The Kier molecular flexibility index (Phi) is 7.63. The number of amides is 2. The molecule has 3 aromatic rings. The van der Waals surface area contributed by atoms with E-state index in [2.05, 4.69) is 26.1 Å². The lowest BCUT2D eigenvalue weighted by Crippen LogP contribution is -2.39. The van der Waals surface area contributed by atoms with Gasteiger partial charge in [0.1, 0.15) is 11.1 Å². The molecular weight excluding hydrogens is 508 g/mol. The molecule has 0 saturated heterocycles. The third kappa shape index (κ3) is 6.07. The van der Waals surface area contributed by atoms with E-state index in [9.17, 15) is 18.0 Å². The Hall–Kier alpha value is -3.67. The van der Waals surface area contributed by atoms with Crippen LogP contribution >= 0.6 is 0 Å².